The highest BCUT2D eigenvalue weighted by Crippen LogP contribution is 2.22. The molecule has 1 aromatic heterocycles. The highest BCUT2D eigenvalue weighted by Gasteiger charge is 2.02. The van der Waals surface area contributed by atoms with Crippen molar-refractivity contribution in [1.29, 1.82) is 0 Å². The monoisotopic (exact) mass is 286 g/mol. The number of aromatic nitrogens is 1. The Balaban J connectivity index is 1.91. The van der Waals surface area contributed by atoms with Gasteiger partial charge in [-0.3, -0.25) is 10.4 Å². The van der Waals surface area contributed by atoms with Crippen LogP contribution in [0.2, 0.25) is 0 Å². The van der Waals surface area contributed by atoms with E-state index in [-0.39, 0.29) is 0 Å². The van der Waals surface area contributed by atoms with Crippen LogP contribution in [0, 0.1) is 0 Å². The molecular formula is C14H14N4OS. The Hall–Kier alpha value is -2.47. The predicted octanol–water partition coefficient (Wildman–Crippen LogP) is 2.41. The first kappa shape index (κ1) is 14.0. The number of thiocarbonyl (C=S) groups is 1. The van der Waals surface area contributed by atoms with Crippen LogP contribution < -0.4 is 15.5 Å². The highest BCUT2D eigenvalue weighted by atomic mass is 32.1. The first-order valence-corrected chi connectivity index (χ1v) is 6.33. The SMILES string of the molecule is COc1ccccc1NC(=S)NN=Cc1ccncc1. The van der Waals surface area contributed by atoms with Crippen molar-refractivity contribution < 1.29 is 4.74 Å². The number of rotatable bonds is 4. The van der Waals surface area contributed by atoms with E-state index in [1.54, 1.807) is 25.7 Å². The lowest BCUT2D eigenvalue weighted by molar-refractivity contribution is 0.417. The van der Waals surface area contributed by atoms with Crippen molar-refractivity contribution in [3.05, 3.63) is 54.4 Å². The first-order chi connectivity index (χ1) is 9.79. The molecule has 2 aromatic rings. The average Bonchev–Trinajstić information content (AvgIpc) is 2.49. The second kappa shape index (κ2) is 7.20. The quantitative estimate of drug-likeness (QED) is 0.513. The molecule has 20 heavy (non-hydrogen) atoms. The molecule has 102 valence electrons. The van der Waals surface area contributed by atoms with Gasteiger partial charge in [-0.05, 0) is 42.0 Å². The summed E-state index contributed by atoms with van der Waals surface area (Å²) in [6.07, 6.45) is 5.07. The standard InChI is InChI=1S/C14H14N4OS/c1-19-13-5-3-2-4-12(13)17-14(20)18-16-10-11-6-8-15-9-7-11/h2-10H,1H3,(H2,17,18,20). The van der Waals surface area contributed by atoms with Gasteiger partial charge in [0.05, 0.1) is 19.0 Å². The second-order valence-corrected chi connectivity index (χ2v) is 4.21. The van der Waals surface area contributed by atoms with Gasteiger partial charge >= 0.3 is 0 Å². The van der Waals surface area contributed by atoms with E-state index in [1.807, 2.05) is 36.4 Å². The van der Waals surface area contributed by atoms with Crippen LogP contribution in [0.1, 0.15) is 5.56 Å². The summed E-state index contributed by atoms with van der Waals surface area (Å²) >= 11 is 5.16. The highest BCUT2D eigenvalue weighted by molar-refractivity contribution is 7.80. The number of pyridine rings is 1. The minimum Gasteiger partial charge on any atom is -0.495 e. The third kappa shape index (κ3) is 4.03. The number of benzene rings is 1. The lowest BCUT2D eigenvalue weighted by atomic mass is 10.3. The summed E-state index contributed by atoms with van der Waals surface area (Å²) in [5.74, 6) is 0.717. The second-order valence-electron chi connectivity index (χ2n) is 3.80. The van der Waals surface area contributed by atoms with Crippen LogP contribution in [-0.4, -0.2) is 23.4 Å². The lowest BCUT2D eigenvalue weighted by Crippen LogP contribution is -2.24. The zero-order valence-corrected chi connectivity index (χ0v) is 11.7. The lowest BCUT2D eigenvalue weighted by Gasteiger charge is -2.10. The molecule has 2 N–H and O–H groups in total. The summed E-state index contributed by atoms with van der Waals surface area (Å²) in [7, 11) is 1.61. The Morgan fingerprint density at radius 2 is 2.00 bits per heavy atom. The summed E-state index contributed by atoms with van der Waals surface area (Å²) in [5.41, 5.74) is 4.47. The van der Waals surface area contributed by atoms with Crippen LogP contribution in [0.15, 0.2) is 53.9 Å². The van der Waals surface area contributed by atoms with E-state index < -0.39 is 0 Å². The van der Waals surface area contributed by atoms with E-state index in [4.69, 9.17) is 17.0 Å². The van der Waals surface area contributed by atoms with Crippen LogP contribution in [0.4, 0.5) is 5.69 Å². The van der Waals surface area contributed by atoms with E-state index in [9.17, 15) is 0 Å². The van der Waals surface area contributed by atoms with Crippen molar-refractivity contribution in [3.8, 4) is 5.75 Å². The summed E-state index contributed by atoms with van der Waals surface area (Å²) in [4.78, 5) is 3.93. The van der Waals surface area contributed by atoms with Crippen LogP contribution in [0.5, 0.6) is 5.75 Å². The Kier molecular flexibility index (Phi) is 5.02. The molecule has 6 heteroatoms. The molecule has 0 unspecified atom stereocenters. The van der Waals surface area contributed by atoms with Crippen molar-refractivity contribution in [2.24, 2.45) is 5.10 Å². The number of hydrogen-bond donors (Lipinski definition) is 2. The molecule has 0 spiro atoms. The van der Waals surface area contributed by atoms with Gasteiger partial charge in [-0.15, -0.1) is 0 Å². The summed E-state index contributed by atoms with van der Waals surface area (Å²) in [5, 5.41) is 7.45. The zero-order valence-electron chi connectivity index (χ0n) is 10.9. The molecule has 2 rings (SSSR count). The van der Waals surface area contributed by atoms with Crippen molar-refractivity contribution in [2.75, 3.05) is 12.4 Å². The third-order valence-electron chi connectivity index (χ3n) is 2.44. The predicted molar refractivity (Wildman–Crippen MR) is 84.2 cm³/mol. The normalized spacial score (nSPS) is 10.2. The van der Waals surface area contributed by atoms with Gasteiger partial charge in [0.15, 0.2) is 5.11 Å². The molecular weight excluding hydrogens is 272 g/mol. The largest absolute Gasteiger partial charge is 0.495 e. The molecule has 0 saturated heterocycles. The molecule has 0 radical (unpaired) electrons. The maximum absolute atomic E-state index is 5.22. The number of hydrogen-bond acceptors (Lipinski definition) is 4. The number of nitrogens with zero attached hydrogens (tertiary/aromatic N) is 2. The van der Waals surface area contributed by atoms with E-state index in [0.29, 0.717) is 5.11 Å². The Morgan fingerprint density at radius 3 is 2.75 bits per heavy atom. The van der Waals surface area contributed by atoms with E-state index in [1.165, 1.54) is 0 Å². The third-order valence-corrected chi connectivity index (χ3v) is 2.63. The van der Waals surface area contributed by atoms with Crippen molar-refractivity contribution in [1.82, 2.24) is 10.4 Å². The number of hydrazone groups is 1. The topological polar surface area (TPSA) is 58.5 Å². The smallest absolute Gasteiger partial charge is 0.191 e. The van der Waals surface area contributed by atoms with Crippen molar-refractivity contribution in [3.63, 3.8) is 0 Å². The molecule has 5 nitrogen and oxygen atoms in total. The first-order valence-electron chi connectivity index (χ1n) is 5.92. The fourth-order valence-corrected chi connectivity index (χ4v) is 1.68. The minimum absolute atomic E-state index is 0.389. The van der Waals surface area contributed by atoms with Gasteiger partial charge in [-0.1, -0.05) is 12.1 Å². The molecule has 0 aliphatic rings. The molecule has 0 fully saturated rings. The molecule has 0 bridgehead atoms. The molecule has 0 aliphatic heterocycles. The minimum atomic E-state index is 0.389. The average molecular weight is 286 g/mol. The fraction of sp³-hybridized carbons (Fsp3) is 0.0714. The molecule has 1 heterocycles. The summed E-state index contributed by atoms with van der Waals surface area (Å²) < 4.78 is 5.22. The fourth-order valence-electron chi connectivity index (χ4n) is 1.51. The van der Waals surface area contributed by atoms with Crippen LogP contribution in [0.3, 0.4) is 0 Å². The number of methoxy groups -OCH3 is 1. The molecule has 1 aromatic carbocycles. The Morgan fingerprint density at radius 1 is 1.25 bits per heavy atom. The van der Waals surface area contributed by atoms with Gasteiger partial charge in [-0.25, -0.2) is 0 Å². The van der Waals surface area contributed by atoms with Gasteiger partial charge < -0.3 is 10.1 Å². The Labute approximate surface area is 122 Å². The maximum Gasteiger partial charge on any atom is 0.191 e. The number of ether oxygens (including phenoxy) is 1. The van der Waals surface area contributed by atoms with Crippen molar-refractivity contribution in [2.45, 2.75) is 0 Å². The summed E-state index contributed by atoms with van der Waals surface area (Å²) in [6, 6.07) is 11.2. The van der Waals surface area contributed by atoms with E-state index in [0.717, 1.165) is 17.0 Å². The molecule has 0 saturated carbocycles. The number of para-hydroxylation sites is 2. The molecule has 0 atom stereocenters. The van der Waals surface area contributed by atoms with Gasteiger partial charge in [0, 0.05) is 12.4 Å². The number of anilines is 1. The van der Waals surface area contributed by atoms with Crippen LogP contribution >= 0.6 is 12.2 Å². The summed E-state index contributed by atoms with van der Waals surface area (Å²) in [6.45, 7) is 0. The maximum atomic E-state index is 5.22. The number of nitrogens with one attached hydrogen (secondary N) is 2. The van der Waals surface area contributed by atoms with Gasteiger partial charge in [0.1, 0.15) is 5.75 Å². The van der Waals surface area contributed by atoms with Crippen LogP contribution in [0.25, 0.3) is 0 Å². The van der Waals surface area contributed by atoms with Gasteiger partial charge in [-0.2, -0.15) is 5.10 Å². The zero-order chi connectivity index (χ0) is 14.2. The molecule has 0 amide bonds. The Bertz CT molecular complexity index is 601. The van der Waals surface area contributed by atoms with E-state index in [2.05, 4.69) is 20.8 Å². The van der Waals surface area contributed by atoms with E-state index >= 15 is 0 Å². The van der Waals surface area contributed by atoms with Crippen molar-refractivity contribution >= 4 is 29.2 Å². The van der Waals surface area contributed by atoms with Gasteiger partial charge in [0.2, 0.25) is 0 Å². The molecule has 0 aliphatic carbocycles. The van der Waals surface area contributed by atoms with Crippen LogP contribution in [-0.2, 0) is 0 Å². The van der Waals surface area contributed by atoms with Gasteiger partial charge in [0.25, 0.3) is 0 Å².